The van der Waals surface area contributed by atoms with Crippen LogP contribution in [-0.2, 0) is 0 Å². The van der Waals surface area contributed by atoms with E-state index in [9.17, 15) is 9.90 Å². The van der Waals surface area contributed by atoms with Crippen molar-refractivity contribution in [1.82, 2.24) is 20.0 Å². The van der Waals surface area contributed by atoms with Gasteiger partial charge in [0.25, 0.3) is 5.91 Å². The van der Waals surface area contributed by atoms with Crippen LogP contribution in [0.4, 0.5) is 0 Å². The number of nitrogens with zero attached hydrogens (tertiary/aromatic N) is 2. The molecule has 2 atom stereocenters. The number of nitrogens with one attached hydrogen (secondary N) is 2. The zero-order valence-corrected chi connectivity index (χ0v) is 12.7. The molecule has 3 N–H and O–H groups in total. The lowest BCUT2D eigenvalue weighted by Crippen LogP contribution is -2.43. The van der Waals surface area contributed by atoms with Gasteiger partial charge in [0.1, 0.15) is 5.69 Å². The van der Waals surface area contributed by atoms with E-state index in [1.807, 2.05) is 19.1 Å². The molecule has 1 saturated heterocycles. The zero-order valence-electron chi connectivity index (χ0n) is 12.7. The van der Waals surface area contributed by atoms with Crippen LogP contribution in [0.5, 0.6) is 5.75 Å². The molecule has 7 nitrogen and oxygen atoms in total. The van der Waals surface area contributed by atoms with E-state index in [-0.39, 0.29) is 19.4 Å². The fraction of sp³-hybridized carbons (Fsp3) is 0.500. The average molecular weight is 320 g/mol. The van der Waals surface area contributed by atoms with Gasteiger partial charge in [-0.05, 0) is 26.0 Å². The molecule has 2 aromatic heterocycles. The largest absolute Gasteiger partial charge is 0.490 e. The molecule has 0 unspecified atom stereocenters. The van der Waals surface area contributed by atoms with Crippen LogP contribution in [0.3, 0.4) is 0 Å². The Balaban J connectivity index is 0.00000192. The van der Waals surface area contributed by atoms with Crippen molar-refractivity contribution in [3.05, 3.63) is 29.7 Å². The molecule has 0 radical (unpaired) electrons. The van der Waals surface area contributed by atoms with Crippen molar-refractivity contribution in [2.45, 2.75) is 33.4 Å². The van der Waals surface area contributed by atoms with E-state index in [0.29, 0.717) is 42.5 Å². The average Bonchev–Trinajstić information content (AvgIpc) is 3.03. The number of amides is 1. The normalized spacial score (nSPS) is 20.3. The summed E-state index contributed by atoms with van der Waals surface area (Å²) in [6.07, 6.45) is 1.22. The van der Waals surface area contributed by atoms with E-state index in [4.69, 9.17) is 4.74 Å². The summed E-state index contributed by atoms with van der Waals surface area (Å²) in [6, 6.07) is 3.37. The Bertz CT molecular complexity index is 698. The summed E-state index contributed by atoms with van der Waals surface area (Å²) < 4.78 is 7.28. The van der Waals surface area contributed by atoms with Gasteiger partial charge < -0.3 is 20.5 Å². The molecular formula is C16H24N4O3. The molecule has 23 heavy (non-hydrogen) atoms. The van der Waals surface area contributed by atoms with Crippen LogP contribution in [-0.4, -0.2) is 52.2 Å². The number of hydrogen-bond donors (Lipinski definition) is 3. The van der Waals surface area contributed by atoms with E-state index < -0.39 is 6.10 Å². The first-order valence-electron chi connectivity index (χ1n) is 7.42. The van der Waals surface area contributed by atoms with Crippen molar-refractivity contribution in [3.8, 4) is 5.75 Å². The maximum Gasteiger partial charge on any atom is 0.270 e. The highest BCUT2D eigenvalue weighted by Gasteiger charge is 2.28. The number of carbonyl (C=O) groups is 1. The van der Waals surface area contributed by atoms with Gasteiger partial charge in [0.2, 0.25) is 0 Å². The topological polar surface area (TPSA) is 87.9 Å². The van der Waals surface area contributed by atoms with Gasteiger partial charge in [-0.15, -0.1) is 0 Å². The maximum absolute atomic E-state index is 12.6. The molecule has 126 valence electrons. The molecule has 1 aliphatic rings. The van der Waals surface area contributed by atoms with Crippen LogP contribution >= 0.6 is 0 Å². The number of pyridine rings is 1. The summed E-state index contributed by atoms with van der Waals surface area (Å²) in [6.45, 7) is 5.29. The number of aryl methyl sites for hydroxylation is 1. The van der Waals surface area contributed by atoms with Gasteiger partial charge in [0, 0.05) is 19.3 Å². The second-order valence-corrected chi connectivity index (χ2v) is 5.35. The molecule has 3 heterocycles. The second kappa shape index (κ2) is 6.97. The molecular weight excluding hydrogens is 296 g/mol. The third kappa shape index (κ3) is 3.16. The number of aliphatic hydroxyl groups excluding tert-OH is 1. The number of aromatic nitrogens is 2. The molecule has 3 rings (SSSR count). The van der Waals surface area contributed by atoms with Crippen LogP contribution < -0.4 is 15.4 Å². The number of ether oxygens (including phenoxy) is 1. The van der Waals surface area contributed by atoms with Crippen LogP contribution in [0.25, 0.3) is 5.65 Å². The summed E-state index contributed by atoms with van der Waals surface area (Å²) in [5.74, 6) is 0.404. The van der Waals surface area contributed by atoms with Crippen molar-refractivity contribution in [1.29, 1.82) is 0 Å². The maximum atomic E-state index is 12.6. The second-order valence-electron chi connectivity index (χ2n) is 5.35. The van der Waals surface area contributed by atoms with Crippen LogP contribution in [0.15, 0.2) is 18.3 Å². The van der Waals surface area contributed by atoms with E-state index >= 15 is 0 Å². The lowest BCUT2D eigenvalue weighted by atomic mass is 10.2. The summed E-state index contributed by atoms with van der Waals surface area (Å²) in [7, 11) is 0. The number of rotatable bonds is 4. The Morgan fingerprint density at radius 3 is 3.00 bits per heavy atom. The van der Waals surface area contributed by atoms with Gasteiger partial charge in [-0.1, -0.05) is 7.43 Å². The SMILES string of the molecule is C.CCOc1cccn2c(C(=O)N[C@H]3CNC[C@@H]3O)c(C)nc12. The van der Waals surface area contributed by atoms with Gasteiger partial charge in [-0.3, -0.25) is 9.20 Å². The number of hydrogen-bond acceptors (Lipinski definition) is 5. The van der Waals surface area contributed by atoms with E-state index in [0.717, 1.165) is 0 Å². The Morgan fingerprint density at radius 1 is 1.57 bits per heavy atom. The molecule has 1 amide bonds. The van der Waals surface area contributed by atoms with Crippen LogP contribution in [0.2, 0.25) is 0 Å². The van der Waals surface area contributed by atoms with Gasteiger partial charge in [-0.25, -0.2) is 4.98 Å². The Morgan fingerprint density at radius 2 is 2.35 bits per heavy atom. The molecule has 0 saturated carbocycles. The summed E-state index contributed by atoms with van der Waals surface area (Å²) >= 11 is 0. The fourth-order valence-corrected chi connectivity index (χ4v) is 2.75. The third-order valence-electron chi connectivity index (χ3n) is 3.80. The first-order valence-corrected chi connectivity index (χ1v) is 7.42. The highest BCUT2D eigenvalue weighted by molar-refractivity contribution is 5.95. The molecule has 1 aliphatic heterocycles. The van der Waals surface area contributed by atoms with Crippen molar-refractivity contribution in [2.75, 3.05) is 19.7 Å². The van der Waals surface area contributed by atoms with Crippen molar-refractivity contribution in [2.24, 2.45) is 0 Å². The quantitative estimate of drug-likeness (QED) is 0.773. The van der Waals surface area contributed by atoms with Crippen LogP contribution in [0.1, 0.15) is 30.5 Å². The van der Waals surface area contributed by atoms with Gasteiger partial charge in [-0.2, -0.15) is 0 Å². The van der Waals surface area contributed by atoms with Crippen LogP contribution in [0, 0.1) is 6.92 Å². The first-order chi connectivity index (χ1) is 10.6. The fourth-order valence-electron chi connectivity index (χ4n) is 2.75. The van der Waals surface area contributed by atoms with Gasteiger partial charge in [0.15, 0.2) is 11.4 Å². The summed E-state index contributed by atoms with van der Waals surface area (Å²) in [5, 5.41) is 15.7. The molecule has 0 aromatic carbocycles. The smallest absolute Gasteiger partial charge is 0.270 e. The molecule has 1 fully saturated rings. The monoisotopic (exact) mass is 320 g/mol. The van der Waals surface area contributed by atoms with E-state index in [1.54, 1.807) is 17.5 Å². The van der Waals surface area contributed by atoms with Crippen molar-refractivity contribution >= 4 is 11.6 Å². The number of fused-ring (bicyclic) bond motifs is 1. The minimum atomic E-state index is -0.567. The van der Waals surface area contributed by atoms with Gasteiger partial charge >= 0.3 is 0 Å². The number of carbonyl (C=O) groups excluding carboxylic acids is 1. The number of β-amino-alcohol motifs (C(OH)–C–C–N with tert-alkyl or cyclic N) is 1. The van der Waals surface area contributed by atoms with Gasteiger partial charge in [0.05, 0.1) is 24.4 Å². The standard InChI is InChI=1S/C15H20N4O3.CH4/c1-3-22-12-5-4-6-19-13(9(2)17-14(12)19)15(21)18-10-7-16-8-11(10)20;/h4-6,10-11,16,20H,3,7-8H2,1-2H3,(H,18,21);1H4/t10-,11-;/m0./s1. The number of aliphatic hydroxyl groups is 1. The third-order valence-corrected chi connectivity index (χ3v) is 3.80. The lowest BCUT2D eigenvalue weighted by molar-refractivity contribution is 0.0882. The van der Waals surface area contributed by atoms with Crippen molar-refractivity contribution in [3.63, 3.8) is 0 Å². The lowest BCUT2D eigenvalue weighted by Gasteiger charge is -2.15. The van der Waals surface area contributed by atoms with Crippen molar-refractivity contribution < 1.29 is 14.6 Å². The minimum Gasteiger partial charge on any atom is -0.490 e. The molecule has 7 heteroatoms. The minimum absolute atomic E-state index is 0. The Kier molecular flexibility index (Phi) is 5.23. The highest BCUT2D eigenvalue weighted by Crippen LogP contribution is 2.22. The Labute approximate surface area is 135 Å². The summed E-state index contributed by atoms with van der Waals surface area (Å²) in [4.78, 5) is 17.0. The molecule has 0 spiro atoms. The molecule has 2 aromatic rings. The predicted octanol–water partition coefficient (Wildman–Crippen LogP) is 0.740. The highest BCUT2D eigenvalue weighted by atomic mass is 16.5. The van der Waals surface area contributed by atoms with E-state index in [2.05, 4.69) is 15.6 Å². The zero-order chi connectivity index (χ0) is 15.7. The number of imidazole rings is 1. The summed E-state index contributed by atoms with van der Waals surface area (Å²) in [5.41, 5.74) is 1.72. The Hall–Kier alpha value is -2.12. The first kappa shape index (κ1) is 17.2. The molecule has 0 aliphatic carbocycles. The van der Waals surface area contributed by atoms with E-state index in [1.165, 1.54) is 0 Å². The predicted molar refractivity (Wildman–Crippen MR) is 88.0 cm³/mol. The molecule has 0 bridgehead atoms.